The van der Waals surface area contributed by atoms with Gasteiger partial charge in [-0.05, 0) is 12.8 Å². The second kappa shape index (κ2) is 7.65. The van der Waals surface area contributed by atoms with Crippen molar-refractivity contribution in [1.82, 2.24) is 25.2 Å². The molecule has 148 valence electrons. The van der Waals surface area contributed by atoms with E-state index in [1.54, 1.807) is 11.8 Å². The van der Waals surface area contributed by atoms with Gasteiger partial charge in [0, 0.05) is 70.0 Å². The first-order valence-corrected chi connectivity index (χ1v) is 9.76. The predicted molar refractivity (Wildman–Crippen MR) is 100 cm³/mol. The van der Waals surface area contributed by atoms with Crippen molar-refractivity contribution in [2.45, 2.75) is 51.5 Å². The maximum absolute atomic E-state index is 12.6. The summed E-state index contributed by atoms with van der Waals surface area (Å²) < 4.78 is 0. The lowest BCUT2D eigenvalue weighted by atomic mass is 9.96. The largest absolute Gasteiger partial charge is 0.342 e. The first kappa shape index (κ1) is 18.5. The van der Waals surface area contributed by atoms with Crippen molar-refractivity contribution >= 4 is 23.4 Å². The lowest BCUT2D eigenvalue weighted by molar-refractivity contribution is -0.130. The number of likely N-dealkylation sites (tertiary alicyclic amines) is 1. The van der Waals surface area contributed by atoms with Crippen LogP contribution in [0.2, 0.25) is 0 Å². The Hall–Kier alpha value is -2.84. The number of rotatable bonds is 2. The second-order valence-electron chi connectivity index (χ2n) is 7.57. The van der Waals surface area contributed by atoms with Crippen LogP contribution in [-0.4, -0.2) is 62.8 Å². The second-order valence-corrected chi connectivity index (χ2v) is 7.57. The monoisotopic (exact) mass is 384 g/mol. The molecule has 0 aromatic carbocycles. The van der Waals surface area contributed by atoms with E-state index in [9.17, 15) is 14.4 Å². The van der Waals surface area contributed by atoms with Gasteiger partial charge in [-0.2, -0.15) is 5.10 Å². The molecule has 0 spiro atoms. The third-order valence-electron chi connectivity index (χ3n) is 5.62. The van der Waals surface area contributed by atoms with E-state index in [2.05, 4.69) is 15.5 Å². The van der Waals surface area contributed by atoms with Crippen molar-refractivity contribution in [3.05, 3.63) is 23.3 Å². The van der Waals surface area contributed by atoms with Crippen LogP contribution in [0.3, 0.4) is 0 Å². The van der Waals surface area contributed by atoms with Gasteiger partial charge < -0.3 is 9.80 Å². The zero-order chi connectivity index (χ0) is 19.7. The Morgan fingerprint density at radius 1 is 1.18 bits per heavy atom. The summed E-state index contributed by atoms with van der Waals surface area (Å²) in [5.41, 5.74) is 4.70. The Morgan fingerprint density at radius 3 is 2.79 bits per heavy atom. The van der Waals surface area contributed by atoms with E-state index >= 15 is 0 Å². The minimum Gasteiger partial charge on any atom is -0.342 e. The van der Waals surface area contributed by atoms with E-state index in [1.807, 2.05) is 11.1 Å². The average Bonchev–Trinajstić information content (AvgIpc) is 2.73. The summed E-state index contributed by atoms with van der Waals surface area (Å²) in [4.78, 5) is 48.5. The number of hydrogen-bond acceptors (Lipinski definition) is 6. The number of carbonyl (C=O) groups is 3. The molecule has 1 unspecified atom stereocenters. The lowest BCUT2D eigenvalue weighted by Crippen LogP contribution is -2.43. The van der Waals surface area contributed by atoms with Crippen LogP contribution in [0.4, 0.5) is 0 Å². The van der Waals surface area contributed by atoms with E-state index in [-0.39, 0.29) is 23.6 Å². The summed E-state index contributed by atoms with van der Waals surface area (Å²) in [6, 6.07) is 0. The van der Waals surface area contributed by atoms with E-state index in [4.69, 9.17) is 4.98 Å². The topological polar surface area (TPSA) is 108 Å². The van der Waals surface area contributed by atoms with Crippen LogP contribution in [0.15, 0.2) is 11.3 Å². The molecule has 0 aliphatic carbocycles. The molecule has 9 nitrogen and oxygen atoms in total. The van der Waals surface area contributed by atoms with E-state index in [0.29, 0.717) is 44.6 Å². The molecule has 1 saturated heterocycles. The van der Waals surface area contributed by atoms with Crippen molar-refractivity contribution < 1.29 is 14.4 Å². The van der Waals surface area contributed by atoms with Crippen LogP contribution in [0.1, 0.15) is 55.6 Å². The molecule has 0 radical (unpaired) electrons. The van der Waals surface area contributed by atoms with Gasteiger partial charge in [0.15, 0.2) is 0 Å². The molecule has 9 heteroatoms. The maximum Gasteiger partial charge on any atom is 0.270 e. The normalized spacial score (nSPS) is 22.2. The van der Waals surface area contributed by atoms with Crippen LogP contribution in [0.25, 0.3) is 0 Å². The highest BCUT2D eigenvalue weighted by atomic mass is 16.2. The highest BCUT2D eigenvalue weighted by molar-refractivity contribution is 6.39. The van der Waals surface area contributed by atoms with Crippen LogP contribution in [0.5, 0.6) is 0 Å². The van der Waals surface area contributed by atoms with E-state index < -0.39 is 0 Å². The summed E-state index contributed by atoms with van der Waals surface area (Å²) in [6.07, 6.45) is 5.09. The fourth-order valence-corrected chi connectivity index (χ4v) is 3.99. The number of piperidine rings is 1. The molecular formula is C19H24N6O3. The molecule has 4 rings (SSSR count). The Kier molecular flexibility index (Phi) is 5.06. The fourth-order valence-electron chi connectivity index (χ4n) is 3.99. The number of amides is 3. The van der Waals surface area contributed by atoms with E-state index in [0.717, 1.165) is 36.5 Å². The smallest absolute Gasteiger partial charge is 0.270 e. The number of aromatic nitrogens is 2. The van der Waals surface area contributed by atoms with Gasteiger partial charge in [0.1, 0.15) is 11.5 Å². The molecule has 1 fully saturated rings. The third kappa shape index (κ3) is 3.74. The van der Waals surface area contributed by atoms with Crippen LogP contribution in [0, 0.1) is 0 Å². The molecule has 3 aliphatic rings. The number of hydrazone groups is 1. The van der Waals surface area contributed by atoms with Gasteiger partial charge in [-0.1, -0.05) is 0 Å². The third-order valence-corrected chi connectivity index (χ3v) is 5.62. The quantitative estimate of drug-likeness (QED) is 0.792. The number of carbonyl (C=O) groups excluding carboxylic acids is 3. The van der Waals surface area contributed by atoms with Crippen molar-refractivity contribution in [1.29, 1.82) is 0 Å². The Labute approximate surface area is 163 Å². The average molecular weight is 384 g/mol. The standard InChI is InChI=1S/C19H24N6O3/c1-12(26)24-7-2-3-13(10-24)18-20-9-14-11-25(8-6-15(14)21-18)19(28)16-4-5-17(27)23-22-16/h9,13H,2-8,10-11H2,1H3,(H,23,27). The Bertz CT molecular complexity index is 852. The molecule has 28 heavy (non-hydrogen) atoms. The molecular weight excluding hydrogens is 360 g/mol. The maximum atomic E-state index is 12.6. The van der Waals surface area contributed by atoms with Gasteiger partial charge in [-0.25, -0.2) is 15.4 Å². The minimum atomic E-state index is -0.160. The number of fused-ring (bicyclic) bond motifs is 1. The van der Waals surface area contributed by atoms with Gasteiger partial charge in [0.05, 0.1) is 5.69 Å². The summed E-state index contributed by atoms with van der Waals surface area (Å²) in [7, 11) is 0. The SMILES string of the molecule is CC(=O)N1CCCC(c2ncc3c(n2)CCN(C(=O)C2=NNC(=O)CC2)C3)C1. The van der Waals surface area contributed by atoms with Crippen molar-refractivity contribution in [2.75, 3.05) is 19.6 Å². The molecule has 1 aromatic rings. The van der Waals surface area contributed by atoms with Crippen molar-refractivity contribution in [3.63, 3.8) is 0 Å². The number of hydrogen-bond donors (Lipinski definition) is 1. The first-order chi connectivity index (χ1) is 13.5. The van der Waals surface area contributed by atoms with Crippen LogP contribution < -0.4 is 5.43 Å². The van der Waals surface area contributed by atoms with Crippen molar-refractivity contribution in [2.24, 2.45) is 5.10 Å². The zero-order valence-electron chi connectivity index (χ0n) is 16.0. The molecule has 0 bridgehead atoms. The highest BCUT2D eigenvalue weighted by Crippen LogP contribution is 2.26. The minimum absolute atomic E-state index is 0.0960. The van der Waals surface area contributed by atoms with Gasteiger partial charge in [0.25, 0.3) is 5.91 Å². The molecule has 1 N–H and O–H groups in total. The van der Waals surface area contributed by atoms with Gasteiger partial charge in [-0.3, -0.25) is 14.4 Å². The van der Waals surface area contributed by atoms with Crippen LogP contribution in [-0.2, 0) is 27.3 Å². The fraction of sp³-hybridized carbons (Fsp3) is 0.579. The first-order valence-electron chi connectivity index (χ1n) is 9.76. The summed E-state index contributed by atoms with van der Waals surface area (Å²) in [5.74, 6) is 0.761. The molecule has 4 heterocycles. The molecule has 1 aromatic heterocycles. The lowest BCUT2D eigenvalue weighted by Gasteiger charge is -2.32. The molecule has 0 saturated carbocycles. The summed E-state index contributed by atoms with van der Waals surface area (Å²) >= 11 is 0. The summed E-state index contributed by atoms with van der Waals surface area (Å²) in [6.45, 7) is 4.09. The molecule has 1 atom stereocenters. The summed E-state index contributed by atoms with van der Waals surface area (Å²) in [5, 5.41) is 3.90. The predicted octanol–water partition coefficient (Wildman–Crippen LogP) is 0.353. The van der Waals surface area contributed by atoms with Gasteiger partial charge in [-0.15, -0.1) is 0 Å². The Morgan fingerprint density at radius 2 is 2.04 bits per heavy atom. The van der Waals surface area contributed by atoms with Gasteiger partial charge >= 0.3 is 0 Å². The van der Waals surface area contributed by atoms with Crippen LogP contribution >= 0.6 is 0 Å². The van der Waals surface area contributed by atoms with Crippen molar-refractivity contribution in [3.8, 4) is 0 Å². The Balaban J connectivity index is 1.45. The molecule has 3 aliphatic heterocycles. The van der Waals surface area contributed by atoms with Gasteiger partial charge in [0.2, 0.25) is 11.8 Å². The zero-order valence-corrected chi connectivity index (χ0v) is 16.0. The highest BCUT2D eigenvalue weighted by Gasteiger charge is 2.29. The van der Waals surface area contributed by atoms with E-state index in [1.165, 1.54) is 0 Å². The number of nitrogens with zero attached hydrogens (tertiary/aromatic N) is 5. The number of nitrogens with one attached hydrogen (secondary N) is 1. The molecule has 3 amide bonds.